The standard InChI is InChI=1S/C17H24N2OS/c1-13(2)20-15-8-6-14(7-9-15)18-16-19-17(12-21-16)10-4-3-5-11-17/h6-9,13H,3-5,10-12H2,1-2H3,(H,18,19). The molecule has 2 aliphatic rings. The van der Waals surface area contributed by atoms with Crippen LogP contribution < -0.4 is 10.1 Å². The Labute approximate surface area is 131 Å². The number of ether oxygens (including phenoxy) is 1. The van der Waals surface area contributed by atoms with Gasteiger partial charge < -0.3 is 10.1 Å². The van der Waals surface area contributed by atoms with E-state index >= 15 is 0 Å². The number of amidine groups is 1. The molecule has 0 saturated heterocycles. The van der Waals surface area contributed by atoms with Gasteiger partial charge in [0.2, 0.25) is 0 Å². The molecule has 0 atom stereocenters. The third-order valence-electron chi connectivity index (χ3n) is 4.08. The molecule has 1 fully saturated rings. The molecule has 0 amide bonds. The zero-order valence-corrected chi connectivity index (χ0v) is 13.7. The van der Waals surface area contributed by atoms with Gasteiger partial charge in [-0.25, -0.2) is 0 Å². The first-order chi connectivity index (χ1) is 10.2. The number of nitrogens with one attached hydrogen (secondary N) is 1. The van der Waals surface area contributed by atoms with Gasteiger partial charge in [-0.3, -0.25) is 4.99 Å². The van der Waals surface area contributed by atoms with E-state index in [2.05, 4.69) is 17.4 Å². The summed E-state index contributed by atoms with van der Waals surface area (Å²) >= 11 is 1.87. The molecule has 1 N–H and O–H groups in total. The summed E-state index contributed by atoms with van der Waals surface area (Å²) in [5.41, 5.74) is 1.32. The molecule has 1 saturated carbocycles. The normalized spacial score (nSPS) is 20.6. The van der Waals surface area contributed by atoms with Crippen molar-refractivity contribution < 1.29 is 4.74 Å². The highest BCUT2D eigenvalue weighted by Crippen LogP contribution is 2.39. The number of nitrogens with zero attached hydrogens (tertiary/aromatic N) is 1. The highest BCUT2D eigenvalue weighted by molar-refractivity contribution is 8.14. The molecule has 1 aromatic carbocycles. The lowest BCUT2D eigenvalue weighted by Crippen LogP contribution is -2.29. The van der Waals surface area contributed by atoms with Crippen LogP contribution in [0.15, 0.2) is 29.3 Å². The maximum atomic E-state index is 5.67. The minimum atomic E-state index is 0.213. The molecular formula is C17H24N2OS. The number of thioether (sulfide) groups is 1. The van der Waals surface area contributed by atoms with E-state index in [1.807, 2.05) is 37.7 Å². The molecule has 1 heterocycles. The molecule has 0 unspecified atom stereocenters. The second-order valence-electron chi connectivity index (χ2n) is 6.31. The van der Waals surface area contributed by atoms with Crippen molar-refractivity contribution in [1.29, 1.82) is 0 Å². The van der Waals surface area contributed by atoms with Gasteiger partial charge in [-0.1, -0.05) is 31.0 Å². The molecule has 4 heteroatoms. The monoisotopic (exact) mass is 304 g/mol. The maximum Gasteiger partial charge on any atom is 0.161 e. The Bertz CT molecular complexity index is 504. The lowest BCUT2D eigenvalue weighted by Gasteiger charge is -2.29. The van der Waals surface area contributed by atoms with Crippen molar-refractivity contribution in [3.63, 3.8) is 0 Å². The molecule has 3 nitrogen and oxygen atoms in total. The molecule has 0 radical (unpaired) electrons. The quantitative estimate of drug-likeness (QED) is 0.879. The summed E-state index contributed by atoms with van der Waals surface area (Å²) in [5.74, 6) is 2.06. The van der Waals surface area contributed by atoms with Gasteiger partial charge in [-0.05, 0) is 51.0 Å². The number of hydrogen-bond donors (Lipinski definition) is 1. The van der Waals surface area contributed by atoms with Crippen molar-refractivity contribution >= 4 is 22.6 Å². The minimum absolute atomic E-state index is 0.213. The Morgan fingerprint density at radius 2 is 1.86 bits per heavy atom. The Balaban J connectivity index is 1.63. The third-order valence-corrected chi connectivity index (χ3v) is 5.23. The molecule has 1 spiro atoms. The predicted molar refractivity (Wildman–Crippen MR) is 91.5 cm³/mol. The second kappa shape index (κ2) is 6.30. The average molecular weight is 304 g/mol. The van der Waals surface area contributed by atoms with Crippen LogP contribution in [0.25, 0.3) is 0 Å². The SMILES string of the molecule is CC(C)Oc1ccc(NC2=NC3(CCCCC3)CS2)cc1. The summed E-state index contributed by atoms with van der Waals surface area (Å²) in [6.45, 7) is 4.08. The van der Waals surface area contributed by atoms with E-state index in [-0.39, 0.29) is 11.6 Å². The van der Waals surface area contributed by atoms with E-state index in [1.165, 1.54) is 32.1 Å². The van der Waals surface area contributed by atoms with Crippen molar-refractivity contribution in [2.24, 2.45) is 4.99 Å². The van der Waals surface area contributed by atoms with Crippen LogP contribution in [0.1, 0.15) is 46.0 Å². The number of anilines is 1. The number of benzene rings is 1. The van der Waals surface area contributed by atoms with Crippen LogP contribution in [-0.4, -0.2) is 22.6 Å². The van der Waals surface area contributed by atoms with Crippen molar-refractivity contribution in [2.45, 2.75) is 57.6 Å². The second-order valence-corrected chi connectivity index (χ2v) is 7.27. The van der Waals surface area contributed by atoms with Gasteiger partial charge >= 0.3 is 0 Å². The Kier molecular flexibility index (Phi) is 4.43. The van der Waals surface area contributed by atoms with E-state index < -0.39 is 0 Å². The van der Waals surface area contributed by atoms with Crippen molar-refractivity contribution in [2.75, 3.05) is 11.1 Å². The van der Waals surface area contributed by atoms with Crippen LogP contribution in [0.3, 0.4) is 0 Å². The van der Waals surface area contributed by atoms with Crippen molar-refractivity contribution in [3.8, 4) is 5.75 Å². The Morgan fingerprint density at radius 3 is 2.52 bits per heavy atom. The molecular weight excluding hydrogens is 280 g/mol. The van der Waals surface area contributed by atoms with E-state index in [4.69, 9.17) is 9.73 Å². The first-order valence-electron chi connectivity index (χ1n) is 7.92. The summed E-state index contributed by atoms with van der Waals surface area (Å²) in [6, 6.07) is 8.15. The molecule has 3 rings (SSSR count). The fourth-order valence-corrected chi connectivity index (χ4v) is 4.23. The highest BCUT2D eigenvalue weighted by Gasteiger charge is 2.36. The summed E-state index contributed by atoms with van der Waals surface area (Å²) < 4.78 is 5.67. The zero-order valence-electron chi connectivity index (χ0n) is 12.9. The van der Waals surface area contributed by atoms with Gasteiger partial charge in [0.15, 0.2) is 5.17 Å². The number of aliphatic imine (C=N–C) groups is 1. The van der Waals surface area contributed by atoms with Crippen molar-refractivity contribution in [1.82, 2.24) is 0 Å². The fourth-order valence-electron chi connectivity index (χ4n) is 3.03. The molecule has 1 aliphatic heterocycles. The fraction of sp³-hybridized carbons (Fsp3) is 0.588. The lowest BCUT2D eigenvalue weighted by molar-refractivity contribution is 0.242. The van der Waals surface area contributed by atoms with Gasteiger partial charge in [0.05, 0.1) is 11.6 Å². The summed E-state index contributed by atoms with van der Waals surface area (Å²) in [6.07, 6.45) is 6.77. The molecule has 1 aromatic rings. The first kappa shape index (κ1) is 14.8. The molecule has 0 aromatic heterocycles. The lowest BCUT2D eigenvalue weighted by atomic mass is 9.84. The predicted octanol–water partition coefficient (Wildman–Crippen LogP) is 4.69. The zero-order chi connectivity index (χ0) is 14.7. The maximum absolute atomic E-state index is 5.67. The first-order valence-corrected chi connectivity index (χ1v) is 8.90. The van der Waals surface area contributed by atoms with Crippen LogP contribution in [0.4, 0.5) is 5.69 Å². The summed E-state index contributed by atoms with van der Waals surface area (Å²) in [5, 5.41) is 4.53. The smallest absolute Gasteiger partial charge is 0.161 e. The Hall–Kier alpha value is -1.16. The van der Waals surface area contributed by atoms with Gasteiger partial charge in [0.25, 0.3) is 0 Å². The van der Waals surface area contributed by atoms with Gasteiger partial charge in [-0.15, -0.1) is 0 Å². The van der Waals surface area contributed by atoms with Crippen LogP contribution in [-0.2, 0) is 0 Å². The molecule has 21 heavy (non-hydrogen) atoms. The van der Waals surface area contributed by atoms with E-state index in [0.717, 1.165) is 22.4 Å². The van der Waals surface area contributed by atoms with Crippen LogP contribution >= 0.6 is 11.8 Å². The molecule has 114 valence electrons. The minimum Gasteiger partial charge on any atom is -0.491 e. The summed E-state index contributed by atoms with van der Waals surface area (Å²) in [7, 11) is 0. The number of hydrogen-bond acceptors (Lipinski definition) is 4. The van der Waals surface area contributed by atoms with Crippen molar-refractivity contribution in [3.05, 3.63) is 24.3 Å². The van der Waals surface area contributed by atoms with E-state index in [9.17, 15) is 0 Å². The van der Waals surface area contributed by atoms with Gasteiger partial charge in [0.1, 0.15) is 5.75 Å². The van der Waals surface area contributed by atoms with E-state index in [0.29, 0.717) is 0 Å². The topological polar surface area (TPSA) is 33.6 Å². The third kappa shape index (κ3) is 3.73. The van der Waals surface area contributed by atoms with Gasteiger partial charge in [-0.2, -0.15) is 0 Å². The summed E-state index contributed by atoms with van der Waals surface area (Å²) in [4.78, 5) is 4.98. The molecule has 1 aliphatic carbocycles. The van der Waals surface area contributed by atoms with Crippen LogP contribution in [0, 0.1) is 0 Å². The van der Waals surface area contributed by atoms with Crippen LogP contribution in [0.2, 0.25) is 0 Å². The largest absolute Gasteiger partial charge is 0.491 e. The molecule has 0 bridgehead atoms. The average Bonchev–Trinajstić information content (AvgIpc) is 2.84. The van der Waals surface area contributed by atoms with Crippen LogP contribution in [0.5, 0.6) is 5.75 Å². The van der Waals surface area contributed by atoms with Gasteiger partial charge in [0, 0.05) is 11.4 Å². The highest BCUT2D eigenvalue weighted by atomic mass is 32.2. The Morgan fingerprint density at radius 1 is 1.14 bits per heavy atom. The number of rotatable bonds is 3. The van der Waals surface area contributed by atoms with E-state index in [1.54, 1.807) is 0 Å².